The Morgan fingerprint density at radius 1 is 1.24 bits per heavy atom. The summed E-state index contributed by atoms with van der Waals surface area (Å²) in [6.07, 6.45) is 0.790. The second-order valence-electron chi connectivity index (χ2n) is 5.86. The maximum atomic E-state index is 12.2. The van der Waals surface area contributed by atoms with Crippen LogP contribution in [0.15, 0.2) is 0 Å². The maximum absolute atomic E-state index is 12.2. The minimum atomic E-state index is -3.61. The highest BCUT2D eigenvalue weighted by molar-refractivity contribution is 7.87. The molecule has 1 unspecified atom stereocenters. The largest absolute Gasteiger partial charge is 0.469 e. The fourth-order valence-electron chi connectivity index (χ4n) is 1.94. The van der Waals surface area contributed by atoms with Crippen molar-refractivity contribution in [3.8, 4) is 0 Å². The number of likely N-dealkylation sites (N-methyl/N-ethyl adjacent to an activating group) is 1. The fraction of sp³-hybridized carbons (Fsp3) is 0.923. The van der Waals surface area contributed by atoms with Gasteiger partial charge in [0.2, 0.25) is 0 Å². The Labute approximate surface area is 128 Å². The maximum Gasteiger partial charge on any atom is 0.306 e. The number of rotatable bonds is 10. The number of carbonyl (C=O) groups excluding carboxylic acids is 1. The summed E-state index contributed by atoms with van der Waals surface area (Å²) in [7, 11) is 2.94. The first-order valence-corrected chi connectivity index (χ1v) is 8.47. The Balaban J connectivity index is 4.67. The van der Waals surface area contributed by atoms with E-state index in [1.807, 2.05) is 19.0 Å². The van der Waals surface area contributed by atoms with Crippen LogP contribution < -0.4 is 4.72 Å². The van der Waals surface area contributed by atoms with Gasteiger partial charge in [-0.25, -0.2) is 0 Å². The lowest BCUT2D eigenvalue weighted by atomic mass is 10.0. The van der Waals surface area contributed by atoms with Crippen molar-refractivity contribution in [2.45, 2.75) is 32.7 Å². The van der Waals surface area contributed by atoms with Crippen molar-refractivity contribution in [1.29, 1.82) is 0 Å². The van der Waals surface area contributed by atoms with Gasteiger partial charge in [0.1, 0.15) is 0 Å². The van der Waals surface area contributed by atoms with E-state index < -0.39 is 16.2 Å². The molecule has 0 rings (SSSR count). The number of hydrogen-bond donors (Lipinski definition) is 1. The van der Waals surface area contributed by atoms with Crippen LogP contribution in [-0.2, 0) is 19.7 Å². The van der Waals surface area contributed by atoms with Crippen molar-refractivity contribution in [3.05, 3.63) is 0 Å². The first kappa shape index (κ1) is 20.3. The summed E-state index contributed by atoms with van der Waals surface area (Å²) in [5.74, 6) is -0.0397. The molecule has 0 aromatic rings. The van der Waals surface area contributed by atoms with Gasteiger partial charge in [0.05, 0.1) is 13.5 Å². The third-order valence-electron chi connectivity index (χ3n) is 2.93. The summed E-state index contributed by atoms with van der Waals surface area (Å²) in [4.78, 5) is 13.0. The van der Waals surface area contributed by atoms with E-state index in [1.54, 1.807) is 0 Å². The number of nitrogens with zero attached hydrogens (tertiary/aromatic N) is 2. The number of carbonyl (C=O) groups is 1. The summed E-state index contributed by atoms with van der Waals surface area (Å²) in [6, 6.07) is -0.162. The molecule has 0 aliphatic rings. The van der Waals surface area contributed by atoms with Crippen molar-refractivity contribution in [1.82, 2.24) is 13.9 Å². The summed E-state index contributed by atoms with van der Waals surface area (Å²) in [5.41, 5.74) is 0. The summed E-state index contributed by atoms with van der Waals surface area (Å²) >= 11 is 0. The van der Waals surface area contributed by atoms with Crippen LogP contribution in [0.4, 0.5) is 0 Å². The van der Waals surface area contributed by atoms with Crippen molar-refractivity contribution in [2.75, 3.05) is 41.3 Å². The molecule has 0 saturated heterocycles. The van der Waals surface area contributed by atoms with Gasteiger partial charge in [-0.3, -0.25) is 4.79 Å². The molecule has 0 heterocycles. The summed E-state index contributed by atoms with van der Waals surface area (Å²) in [5, 5.41) is 0. The van der Waals surface area contributed by atoms with Crippen LogP contribution in [0.5, 0.6) is 0 Å². The fourth-order valence-corrected chi connectivity index (χ4v) is 3.04. The van der Waals surface area contributed by atoms with Crippen LogP contribution in [0.2, 0.25) is 0 Å². The zero-order valence-corrected chi connectivity index (χ0v) is 14.7. The van der Waals surface area contributed by atoms with E-state index in [-0.39, 0.29) is 19.0 Å². The molecule has 126 valence electrons. The van der Waals surface area contributed by atoms with E-state index in [9.17, 15) is 13.2 Å². The monoisotopic (exact) mass is 323 g/mol. The molecule has 0 aliphatic carbocycles. The van der Waals surface area contributed by atoms with Crippen molar-refractivity contribution in [3.63, 3.8) is 0 Å². The second-order valence-corrected chi connectivity index (χ2v) is 7.67. The molecule has 0 amide bonds. The highest BCUT2D eigenvalue weighted by atomic mass is 32.2. The minimum Gasteiger partial charge on any atom is -0.469 e. The Hall–Kier alpha value is -0.700. The van der Waals surface area contributed by atoms with Crippen LogP contribution in [0.25, 0.3) is 0 Å². The molecule has 0 radical (unpaired) electrons. The predicted octanol–water partition coefficient (Wildman–Crippen LogP) is 0.292. The average molecular weight is 323 g/mol. The van der Waals surface area contributed by atoms with Gasteiger partial charge in [-0.05, 0) is 26.4 Å². The van der Waals surface area contributed by atoms with Crippen molar-refractivity contribution < 1.29 is 17.9 Å². The van der Waals surface area contributed by atoms with Gasteiger partial charge < -0.3 is 9.64 Å². The third-order valence-corrected chi connectivity index (χ3v) is 4.56. The Bertz CT molecular complexity index is 400. The van der Waals surface area contributed by atoms with Gasteiger partial charge in [-0.1, -0.05) is 13.8 Å². The molecule has 0 aliphatic heterocycles. The third kappa shape index (κ3) is 9.02. The lowest BCUT2D eigenvalue weighted by molar-refractivity contribution is -0.140. The van der Waals surface area contributed by atoms with Gasteiger partial charge in [0, 0.05) is 26.2 Å². The lowest BCUT2D eigenvalue weighted by Crippen LogP contribution is -2.48. The molecule has 0 aromatic carbocycles. The van der Waals surface area contributed by atoms with Gasteiger partial charge in [-0.15, -0.1) is 0 Å². The number of nitrogens with one attached hydrogen (secondary N) is 1. The van der Waals surface area contributed by atoms with E-state index in [2.05, 4.69) is 23.3 Å². The molecule has 0 bridgehead atoms. The van der Waals surface area contributed by atoms with Crippen LogP contribution >= 0.6 is 0 Å². The summed E-state index contributed by atoms with van der Waals surface area (Å²) in [6.45, 7) is 4.83. The lowest BCUT2D eigenvalue weighted by Gasteiger charge is -2.26. The molecular formula is C13H29N3O4S. The van der Waals surface area contributed by atoms with E-state index in [1.165, 1.54) is 14.2 Å². The van der Waals surface area contributed by atoms with Gasteiger partial charge in [0.25, 0.3) is 10.2 Å². The smallest absolute Gasteiger partial charge is 0.306 e. The molecule has 8 heteroatoms. The molecule has 1 atom stereocenters. The Morgan fingerprint density at radius 2 is 1.81 bits per heavy atom. The Kier molecular flexibility index (Phi) is 9.03. The molecule has 7 nitrogen and oxygen atoms in total. The molecule has 0 spiro atoms. The van der Waals surface area contributed by atoms with E-state index >= 15 is 0 Å². The predicted molar refractivity (Wildman–Crippen MR) is 83.1 cm³/mol. The van der Waals surface area contributed by atoms with Gasteiger partial charge >= 0.3 is 5.97 Å². The topological polar surface area (TPSA) is 78.9 Å². The molecule has 0 fully saturated rings. The van der Waals surface area contributed by atoms with E-state index in [0.717, 1.165) is 10.7 Å². The molecule has 21 heavy (non-hydrogen) atoms. The normalized spacial score (nSPS) is 14.0. The molecule has 1 N–H and O–H groups in total. The van der Waals surface area contributed by atoms with Crippen LogP contribution in [-0.4, -0.2) is 71.0 Å². The number of methoxy groups -OCH3 is 1. The van der Waals surface area contributed by atoms with Crippen LogP contribution in [0.1, 0.15) is 26.7 Å². The molecule has 0 aromatic heterocycles. The number of ether oxygens (including phenoxy) is 1. The zero-order valence-electron chi connectivity index (χ0n) is 13.9. The molecule has 0 saturated carbocycles. The quantitative estimate of drug-likeness (QED) is 0.585. The average Bonchev–Trinajstić information content (AvgIpc) is 2.32. The highest BCUT2D eigenvalue weighted by Crippen LogP contribution is 2.08. The number of hydrogen-bond acceptors (Lipinski definition) is 5. The van der Waals surface area contributed by atoms with Gasteiger partial charge in [0.15, 0.2) is 0 Å². The first-order valence-electron chi connectivity index (χ1n) is 7.03. The van der Waals surface area contributed by atoms with Crippen molar-refractivity contribution in [2.24, 2.45) is 5.92 Å². The van der Waals surface area contributed by atoms with E-state index in [4.69, 9.17) is 0 Å². The second kappa shape index (κ2) is 9.34. The standard InChI is InChI=1S/C13H29N3O4S/c1-11(2)9-12(10-15(3)4)14-21(18,19)16(5)8-7-13(17)20-6/h11-12,14H,7-10H2,1-6H3. The highest BCUT2D eigenvalue weighted by Gasteiger charge is 2.24. The summed E-state index contributed by atoms with van der Waals surface area (Å²) < 4.78 is 32.9. The van der Waals surface area contributed by atoms with Gasteiger partial charge in [-0.2, -0.15) is 17.4 Å². The van der Waals surface area contributed by atoms with Crippen LogP contribution in [0, 0.1) is 5.92 Å². The minimum absolute atomic E-state index is 0.0381. The van der Waals surface area contributed by atoms with Crippen LogP contribution in [0.3, 0.4) is 0 Å². The van der Waals surface area contributed by atoms with E-state index in [0.29, 0.717) is 12.5 Å². The first-order chi connectivity index (χ1) is 9.58. The SMILES string of the molecule is COC(=O)CCN(C)S(=O)(=O)NC(CC(C)C)CN(C)C. The zero-order chi connectivity index (χ0) is 16.6. The number of esters is 1. The molecular weight excluding hydrogens is 294 g/mol. The van der Waals surface area contributed by atoms with Crippen molar-refractivity contribution >= 4 is 16.2 Å². The Morgan fingerprint density at radius 3 is 2.24 bits per heavy atom.